The van der Waals surface area contributed by atoms with E-state index in [1.165, 1.54) is 18.2 Å². The number of non-ortho nitro benzene ring substituents is 1. The highest BCUT2D eigenvalue weighted by atomic mass is 35.5. The maximum atomic E-state index is 12.1. The molecule has 0 aliphatic rings. The lowest BCUT2D eigenvalue weighted by Crippen LogP contribution is -2.14. The number of carbonyl (C=O) groups is 1. The lowest BCUT2D eigenvalue weighted by molar-refractivity contribution is -0.384. The number of nitro benzene ring substituents is 1. The van der Waals surface area contributed by atoms with Crippen LogP contribution in [0.15, 0.2) is 48.5 Å². The second kappa shape index (κ2) is 7.04. The van der Waals surface area contributed by atoms with E-state index >= 15 is 0 Å². The molecule has 0 unspecified atom stereocenters. The molecule has 2 aromatic rings. The number of nitrogens with one attached hydrogen (secondary N) is 1. The second-order valence-electron chi connectivity index (χ2n) is 4.99. The smallest absolute Gasteiger partial charge is 0.271 e. The van der Waals surface area contributed by atoms with Crippen LogP contribution in [0.4, 0.5) is 11.4 Å². The Bertz CT molecular complexity index is 689. The number of hydrogen-bond acceptors (Lipinski definition) is 3. The molecule has 1 amide bonds. The summed E-state index contributed by atoms with van der Waals surface area (Å²) in [5.41, 5.74) is 1.19. The largest absolute Gasteiger partial charge is 0.325 e. The van der Waals surface area contributed by atoms with Crippen molar-refractivity contribution in [3.8, 4) is 0 Å². The molecular weight excluding hydrogens is 304 g/mol. The van der Waals surface area contributed by atoms with Crippen LogP contribution in [0.3, 0.4) is 0 Å². The fraction of sp³-hybridized carbons (Fsp3) is 0.188. The van der Waals surface area contributed by atoms with Crippen LogP contribution >= 0.6 is 11.6 Å². The van der Waals surface area contributed by atoms with Crippen LogP contribution in [-0.4, -0.2) is 10.8 Å². The van der Waals surface area contributed by atoms with E-state index in [0.717, 1.165) is 5.56 Å². The number of anilines is 1. The molecule has 2 rings (SSSR count). The van der Waals surface area contributed by atoms with Crippen molar-refractivity contribution in [3.63, 3.8) is 0 Å². The highest BCUT2D eigenvalue weighted by Gasteiger charge is 2.15. The Kier molecular flexibility index (Phi) is 5.12. The van der Waals surface area contributed by atoms with Crippen LogP contribution < -0.4 is 5.32 Å². The monoisotopic (exact) mass is 318 g/mol. The van der Waals surface area contributed by atoms with Crippen molar-refractivity contribution in [2.24, 2.45) is 0 Å². The van der Waals surface area contributed by atoms with Crippen LogP contribution in [0.5, 0.6) is 0 Å². The Labute approximate surface area is 133 Å². The van der Waals surface area contributed by atoms with Gasteiger partial charge in [-0.1, -0.05) is 48.9 Å². The third kappa shape index (κ3) is 4.05. The fourth-order valence-corrected chi connectivity index (χ4v) is 2.27. The highest BCUT2D eigenvalue weighted by Crippen LogP contribution is 2.27. The molecule has 0 spiro atoms. The summed E-state index contributed by atoms with van der Waals surface area (Å²) in [5, 5.41) is 13.7. The summed E-state index contributed by atoms with van der Waals surface area (Å²) < 4.78 is 0. The zero-order valence-electron chi connectivity index (χ0n) is 12.0. The Balaban J connectivity index is 2.06. The van der Waals surface area contributed by atoms with Crippen molar-refractivity contribution in [2.45, 2.75) is 19.3 Å². The quantitative estimate of drug-likeness (QED) is 0.656. The molecule has 1 N–H and O–H groups in total. The van der Waals surface area contributed by atoms with Gasteiger partial charge in [-0.25, -0.2) is 0 Å². The van der Waals surface area contributed by atoms with Gasteiger partial charge >= 0.3 is 0 Å². The summed E-state index contributed by atoms with van der Waals surface area (Å²) >= 11 is 5.96. The van der Waals surface area contributed by atoms with Gasteiger partial charge in [0.1, 0.15) is 0 Å². The van der Waals surface area contributed by atoms with Crippen molar-refractivity contribution in [2.75, 3.05) is 5.32 Å². The molecule has 0 aromatic heterocycles. The zero-order chi connectivity index (χ0) is 16.1. The van der Waals surface area contributed by atoms with E-state index < -0.39 is 4.92 Å². The second-order valence-corrected chi connectivity index (χ2v) is 5.39. The average Bonchev–Trinajstić information content (AvgIpc) is 2.50. The van der Waals surface area contributed by atoms with E-state index in [1.807, 2.05) is 37.3 Å². The van der Waals surface area contributed by atoms with E-state index in [1.54, 1.807) is 0 Å². The van der Waals surface area contributed by atoms with E-state index in [4.69, 9.17) is 11.6 Å². The lowest BCUT2D eigenvalue weighted by atomic mass is 9.97. The number of carbonyl (C=O) groups excluding carboxylic acids is 1. The zero-order valence-corrected chi connectivity index (χ0v) is 12.7. The van der Waals surface area contributed by atoms with Gasteiger partial charge in [-0.3, -0.25) is 14.9 Å². The number of nitro groups is 1. The van der Waals surface area contributed by atoms with Gasteiger partial charge in [-0.15, -0.1) is 0 Å². The molecule has 0 aliphatic carbocycles. The van der Waals surface area contributed by atoms with Crippen LogP contribution in [-0.2, 0) is 4.79 Å². The number of hydrogen-bond donors (Lipinski definition) is 1. The molecule has 0 bridgehead atoms. The number of rotatable bonds is 5. The minimum absolute atomic E-state index is 0.0404. The number of amides is 1. The first-order valence-electron chi connectivity index (χ1n) is 6.76. The Morgan fingerprint density at radius 2 is 1.95 bits per heavy atom. The molecular formula is C16H15ClN2O3. The van der Waals surface area contributed by atoms with Crippen LogP contribution in [0, 0.1) is 10.1 Å². The van der Waals surface area contributed by atoms with Gasteiger partial charge in [0.2, 0.25) is 5.91 Å². The minimum atomic E-state index is -0.529. The van der Waals surface area contributed by atoms with Gasteiger partial charge in [0, 0.05) is 18.6 Å². The van der Waals surface area contributed by atoms with Gasteiger partial charge in [0.05, 0.1) is 15.6 Å². The third-order valence-electron chi connectivity index (χ3n) is 3.30. The SMILES string of the molecule is C[C@H](CC(=O)Nc1cc([N+](=O)[O-])ccc1Cl)c1ccccc1. The summed E-state index contributed by atoms with van der Waals surface area (Å²) in [6.07, 6.45) is 0.267. The molecule has 22 heavy (non-hydrogen) atoms. The summed E-state index contributed by atoms with van der Waals surface area (Å²) in [7, 11) is 0. The number of benzene rings is 2. The number of halogens is 1. The van der Waals surface area contributed by atoms with Crippen LogP contribution in [0.1, 0.15) is 24.8 Å². The fourth-order valence-electron chi connectivity index (χ4n) is 2.10. The van der Waals surface area contributed by atoms with Crippen molar-refractivity contribution >= 4 is 28.9 Å². The standard InChI is InChI=1S/C16H15ClN2O3/c1-11(12-5-3-2-4-6-12)9-16(20)18-15-10-13(19(21)22)7-8-14(15)17/h2-8,10-11H,9H2,1H3,(H,18,20)/t11-/m1/s1. The van der Waals surface area contributed by atoms with Crippen molar-refractivity contribution in [1.82, 2.24) is 0 Å². The average molecular weight is 319 g/mol. The van der Waals surface area contributed by atoms with Crippen LogP contribution in [0.2, 0.25) is 5.02 Å². The molecule has 0 saturated heterocycles. The highest BCUT2D eigenvalue weighted by molar-refractivity contribution is 6.33. The molecule has 0 aliphatic heterocycles. The lowest BCUT2D eigenvalue weighted by Gasteiger charge is -2.12. The molecule has 114 valence electrons. The maximum Gasteiger partial charge on any atom is 0.271 e. The molecule has 0 radical (unpaired) electrons. The topological polar surface area (TPSA) is 72.2 Å². The summed E-state index contributed by atoms with van der Waals surface area (Å²) in [4.78, 5) is 22.3. The molecule has 0 fully saturated rings. The third-order valence-corrected chi connectivity index (χ3v) is 3.62. The maximum absolute atomic E-state index is 12.1. The molecule has 0 saturated carbocycles. The van der Waals surface area contributed by atoms with Crippen LogP contribution in [0.25, 0.3) is 0 Å². The first-order valence-corrected chi connectivity index (χ1v) is 7.14. The van der Waals surface area contributed by atoms with Gasteiger partial charge in [0.25, 0.3) is 5.69 Å². The normalized spacial score (nSPS) is 11.7. The van der Waals surface area contributed by atoms with E-state index in [9.17, 15) is 14.9 Å². The van der Waals surface area contributed by atoms with E-state index in [0.29, 0.717) is 0 Å². The first kappa shape index (κ1) is 16.0. The summed E-state index contributed by atoms with van der Waals surface area (Å²) in [6, 6.07) is 13.6. The van der Waals surface area contributed by atoms with E-state index in [-0.39, 0.29) is 34.6 Å². The van der Waals surface area contributed by atoms with Gasteiger partial charge in [-0.2, -0.15) is 0 Å². The van der Waals surface area contributed by atoms with Gasteiger partial charge in [0.15, 0.2) is 0 Å². The van der Waals surface area contributed by atoms with Gasteiger partial charge < -0.3 is 5.32 Å². The van der Waals surface area contributed by atoms with Crippen molar-refractivity contribution < 1.29 is 9.72 Å². The minimum Gasteiger partial charge on any atom is -0.325 e. The molecule has 1 atom stereocenters. The number of nitrogens with zero attached hydrogens (tertiary/aromatic N) is 1. The van der Waals surface area contributed by atoms with Crippen molar-refractivity contribution in [3.05, 3.63) is 69.2 Å². The predicted molar refractivity (Wildman–Crippen MR) is 86.2 cm³/mol. The molecule has 5 nitrogen and oxygen atoms in total. The van der Waals surface area contributed by atoms with E-state index in [2.05, 4.69) is 5.32 Å². The van der Waals surface area contributed by atoms with Gasteiger partial charge in [-0.05, 0) is 17.5 Å². The molecule has 0 heterocycles. The molecule has 6 heteroatoms. The summed E-state index contributed by atoms with van der Waals surface area (Å²) in [5.74, 6) is -0.197. The summed E-state index contributed by atoms with van der Waals surface area (Å²) in [6.45, 7) is 1.95. The first-order chi connectivity index (χ1) is 10.5. The molecule has 2 aromatic carbocycles. The Morgan fingerprint density at radius 1 is 1.27 bits per heavy atom. The Hall–Kier alpha value is -2.40. The predicted octanol–water partition coefficient (Wildman–Crippen LogP) is 4.38. The van der Waals surface area contributed by atoms with Crippen molar-refractivity contribution in [1.29, 1.82) is 0 Å². The Morgan fingerprint density at radius 3 is 2.59 bits per heavy atom.